The number of hydrogen-bond acceptors (Lipinski definition) is 2. The second kappa shape index (κ2) is 25.9. The molecule has 0 atom stereocenters. The minimum atomic E-state index is -0.733. The number of aromatic nitrogens is 2. The molecular formula is C102H76N4. The molecule has 0 aliphatic heterocycles. The summed E-state index contributed by atoms with van der Waals surface area (Å²) in [6.07, 6.45) is 0. The van der Waals surface area contributed by atoms with Crippen molar-refractivity contribution in [3.05, 3.63) is 410 Å². The molecular weight excluding hydrogens is 1280 g/mol. The van der Waals surface area contributed by atoms with Gasteiger partial charge in [0, 0.05) is 77.9 Å². The van der Waals surface area contributed by atoms with Crippen LogP contribution in [0.2, 0.25) is 0 Å². The zero-order valence-electron chi connectivity index (χ0n) is 75.4. The van der Waals surface area contributed by atoms with Gasteiger partial charge in [-0.3, -0.25) is 0 Å². The molecule has 0 spiro atoms. The van der Waals surface area contributed by atoms with Gasteiger partial charge < -0.3 is 18.9 Å². The first-order valence-corrected chi connectivity index (χ1v) is 35.5. The molecule has 4 heteroatoms. The van der Waals surface area contributed by atoms with Gasteiger partial charge in [-0.25, -0.2) is 0 Å². The minimum Gasteiger partial charge on any atom is -0.310 e. The van der Waals surface area contributed by atoms with Crippen LogP contribution in [0.5, 0.6) is 0 Å². The summed E-state index contributed by atoms with van der Waals surface area (Å²) in [5.41, 5.74) is 17.2. The molecule has 18 aromatic rings. The molecule has 2 heterocycles. The predicted octanol–water partition coefficient (Wildman–Crippen LogP) is 27.8. The average molecular weight is 1370 g/mol. The molecule has 4 nitrogen and oxygen atoms in total. The molecule has 0 N–H and O–H groups in total. The second-order valence-electron chi connectivity index (χ2n) is 27.9. The van der Waals surface area contributed by atoms with Crippen LogP contribution >= 0.6 is 0 Å². The molecule has 0 unspecified atom stereocenters. The normalized spacial score (nSPS) is 15.1. The van der Waals surface area contributed by atoms with E-state index in [2.05, 4.69) is 134 Å². The highest BCUT2D eigenvalue weighted by Crippen LogP contribution is 2.53. The molecule has 0 saturated heterocycles. The van der Waals surface area contributed by atoms with E-state index in [1.807, 2.05) is 181 Å². The summed E-state index contributed by atoms with van der Waals surface area (Å²) in [5, 5.41) is 3.75. The molecule has 2 aliphatic carbocycles. The maximum atomic E-state index is 10.0. The first-order valence-electron chi connectivity index (χ1n) is 44.0. The molecule has 0 bridgehead atoms. The van der Waals surface area contributed by atoms with Gasteiger partial charge in [0.05, 0.1) is 45.4 Å². The van der Waals surface area contributed by atoms with Crippen LogP contribution in [-0.4, -0.2) is 9.13 Å². The SMILES string of the molecule is [2H]c1c([2H])c(-c2ccc3c(c2)c2ccccc2n3-c2ccccc2)c([2H])c(N(c2cccc(-c3ccccc3)c2)c2ccc3c(c2)C(C)(C)c2ccccc2-3)c1[2H].[2H]c1c([2H])c([2H])c(-c2c([2H])c([2H])c([2H])c(N(c3ccc4c(c3)C(C)(C)c3ccccc3-4)c3c([2H])c([2H])c([2H])c(-c4ccc5c(c4)c4ccccc4n5-c4ccccc4)c3[2H])c2[2H])c([2H])c1[2H]. The zero-order valence-corrected chi connectivity index (χ0v) is 58.4. The lowest BCUT2D eigenvalue weighted by atomic mass is 9.82. The van der Waals surface area contributed by atoms with E-state index in [9.17, 15) is 13.7 Å². The number of fused-ring (bicyclic) bond motifs is 12. The van der Waals surface area contributed by atoms with Crippen molar-refractivity contribution in [2.75, 3.05) is 9.80 Å². The summed E-state index contributed by atoms with van der Waals surface area (Å²) in [4.78, 5) is 3.23. The van der Waals surface area contributed by atoms with E-state index in [0.717, 1.165) is 105 Å². The molecule has 0 radical (unpaired) electrons. The lowest BCUT2D eigenvalue weighted by Crippen LogP contribution is -2.16. The number of para-hydroxylation sites is 4. The fraction of sp³-hybridized carbons (Fsp3) is 0.0588. The van der Waals surface area contributed by atoms with Gasteiger partial charge in [0.25, 0.3) is 0 Å². The predicted molar refractivity (Wildman–Crippen MR) is 448 cm³/mol. The van der Waals surface area contributed by atoms with Gasteiger partial charge in [0.1, 0.15) is 0 Å². The van der Waals surface area contributed by atoms with E-state index < -0.39 is 94.7 Å². The molecule has 0 amide bonds. The summed E-state index contributed by atoms with van der Waals surface area (Å²) in [5.74, 6) is 0. The van der Waals surface area contributed by atoms with Crippen molar-refractivity contribution in [3.8, 4) is 78.1 Å². The van der Waals surface area contributed by atoms with Crippen molar-refractivity contribution in [2.45, 2.75) is 38.5 Å². The van der Waals surface area contributed by atoms with Crippen LogP contribution in [0.4, 0.5) is 34.1 Å². The number of hydrogen-bond donors (Lipinski definition) is 0. The smallest absolute Gasteiger partial charge is 0.0651 e. The molecule has 20 rings (SSSR count). The third kappa shape index (κ3) is 10.9. The van der Waals surface area contributed by atoms with Gasteiger partial charge >= 0.3 is 0 Å². The summed E-state index contributed by atoms with van der Waals surface area (Å²) in [6.45, 7) is 8.59. The van der Waals surface area contributed by atoms with Crippen molar-refractivity contribution in [1.29, 1.82) is 0 Å². The summed E-state index contributed by atoms with van der Waals surface area (Å²) in [6, 6.07) is 85.7. The fourth-order valence-corrected chi connectivity index (χ4v) is 16.0. The Hall–Kier alpha value is -13.3. The van der Waals surface area contributed by atoms with Crippen LogP contribution in [0.25, 0.3) is 122 Å². The highest BCUT2D eigenvalue weighted by molar-refractivity contribution is 6.12. The summed E-state index contributed by atoms with van der Waals surface area (Å²) < 4.78 is 161. The lowest BCUT2D eigenvalue weighted by Gasteiger charge is -2.29. The number of anilines is 6. The number of rotatable bonds is 12. The van der Waals surface area contributed by atoms with E-state index in [1.165, 1.54) is 21.6 Å². The van der Waals surface area contributed by atoms with Crippen molar-refractivity contribution < 1.29 is 23.3 Å². The van der Waals surface area contributed by atoms with Crippen molar-refractivity contribution in [2.24, 2.45) is 0 Å². The molecule has 0 fully saturated rings. The van der Waals surface area contributed by atoms with Crippen LogP contribution in [0, 0.1) is 0 Å². The van der Waals surface area contributed by atoms with Gasteiger partial charge in [0.2, 0.25) is 0 Å². The van der Waals surface area contributed by atoms with Crippen molar-refractivity contribution in [3.63, 3.8) is 0 Å². The van der Waals surface area contributed by atoms with Crippen LogP contribution in [0.15, 0.2) is 388 Å². The Morgan fingerprint density at radius 2 is 0.604 bits per heavy atom. The topological polar surface area (TPSA) is 16.3 Å². The first-order chi connectivity index (χ1) is 59.2. The van der Waals surface area contributed by atoms with Gasteiger partial charge in [-0.1, -0.05) is 282 Å². The highest BCUT2D eigenvalue weighted by Gasteiger charge is 2.37. The molecule has 16 aromatic carbocycles. The Balaban J connectivity index is 0.000000163. The summed E-state index contributed by atoms with van der Waals surface area (Å²) in [7, 11) is 0. The third-order valence-electron chi connectivity index (χ3n) is 21.1. The Morgan fingerprint density at radius 3 is 1.09 bits per heavy atom. The van der Waals surface area contributed by atoms with Crippen LogP contribution in [0.3, 0.4) is 0 Å². The van der Waals surface area contributed by atoms with E-state index in [-0.39, 0.29) is 58.3 Å². The maximum absolute atomic E-state index is 10.0. The van der Waals surface area contributed by atoms with Gasteiger partial charge in [-0.2, -0.15) is 0 Å². The third-order valence-corrected chi connectivity index (χ3v) is 21.1. The standard InChI is InChI=1S/2C51H38N2/c2*1-51(2)47-25-11-9-23-43(47)44-29-28-42(34-48(44)51)52(40-21-13-17-36(31-40)35-15-5-3-6-16-35)41-22-14-18-37(32-41)38-27-30-50-46(33-38)45-24-10-12-26-49(45)53(50)39-19-7-4-8-20-39/h2*3-34H,1-2H3/i3D,5D,6D,13D,14D,15D,16D,17D,18D,21D,22D,31D,32D;14D,18D,22D,32D. The average Bonchev–Trinajstić information content (AvgIpc) is 1.24. The largest absolute Gasteiger partial charge is 0.310 e. The summed E-state index contributed by atoms with van der Waals surface area (Å²) >= 11 is 0. The van der Waals surface area contributed by atoms with Crippen LogP contribution in [0.1, 0.15) is 73.3 Å². The van der Waals surface area contributed by atoms with E-state index in [4.69, 9.17) is 9.60 Å². The second-order valence-corrected chi connectivity index (χ2v) is 27.9. The Morgan fingerprint density at radius 1 is 0.236 bits per heavy atom. The molecule has 504 valence electrons. The number of nitrogens with zero attached hydrogens (tertiary/aromatic N) is 4. The van der Waals surface area contributed by atoms with Crippen molar-refractivity contribution >= 4 is 77.7 Å². The molecule has 106 heavy (non-hydrogen) atoms. The maximum Gasteiger partial charge on any atom is 0.0651 e. The molecule has 2 aliphatic rings. The van der Waals surface area contributed by atoms with Gasteiger partial charge in [-0.15, -0.1) is 0 Å². The molecule has 0 saturated carbocycles. The van der Waals surface area contributed by atoms with E-state index in [1.54, 1.807) is 12.1 Å². The van der Waals surface area contributed by atoms with Crippen molar-refractivity contribution in [1.82, 2.24) is 9.13 Å². The highest BCUT2D eigenvalue weighted by atomic mass is 15.1. The van der Waals surface area contributed by atoms with E-state index >= 15 is 0 Å². The van der Waals surface area contributed by atoms with E-state index in [0.29, 0.717) is 16.7 Å². The quantitative estimate of drug-likeness (QED) is 0.121. The van der Waals surface area contributed by atoms with Gasteiger partial charge in [-0.05, 0) is 222 Å². The Bertz CT molecular complexity index is 7460. The minimum absolute atomic E-state index is 0.00421. The van der Waals surface area contributed by atoms with Crippen LogP contribution < -0.4 is 9.80 Å². The first kappa shape index (κ1) is 47.8. The van der Waals surface area contributed by atoms with Crippen LogP contribution in [-0.2, 0) is 10.8 Å². The monoisotopic (exact) mass is 1370 g/mol. The Kier molecular flexibility index (Phi) is 11.7. The van der Waals surface area contributed by atoms with Gasteiger partial charge in [0.15, 0.2) is 0 Å². The number of benzene rings is 16. The zero-order chi connectivity index (χ0) is 85.8. The Labute approximate surface area is 643 Å². The lowest BCUT2D eigenvalue weighted by molar-refractivity contribution is 0.660. The fourth-order valence-electron chi connectivity index (χ4n) is 16.0. The molecule has 2 aromatic heterocycles.